The summed E-state index contributed by atoms with van der Waals surface area (Å²) in [6.07, 6.45) is 5.05. The van der Waals surface area contributed by atoms with Gasteiger partial charge in [0.25, 0.3) is 0 Å². The maximum Gasteiger partial charge on any atom is 0.127 e. The smallest absolute Gasteiger partial charge is 0.127 e. The van der Waals surface area contributed by atoms with Gasteiger partial charge in [-0.25, -0.2) is 0 Å². The molecule has 2 atom stereocenters. The second-order valence-corrected chi connectivity index (χ2v) is 6.07. The van der Waals surface area contributed by atoms with Crippen LogP contribution in [0.4, 0.5) is 0 Å². The summed E-state index contributed by atoms with van der Waals surface area (Å²) >= 11 is 0. The van der Waals surface area contributed by atoms with Crippen LogP contribution in [0.5, 0.6) is 5.75 Å². The highest BCUT2D eigenvalue weighted by Crippen LogP contribution is 2.39. The molecule has 3 heteroatoms. The third-order valence-electron chi connectivity index (χ3n) is 3.72. The molecule has 2 aromatic rings. The Hall–Kier alpha value is -2.05. The summed E-state index contributed by atoms with van der Waals surface area (Å²) in [5.41, 5.74) is 2.57. The van der Waals surface area contributed by atoms with Crippen molar-refractivity contribution in [1.82, 2.24) is 0 Å². The van der Waals surface area contributed by atoms with Crippen LogP contribution >= 0.6 is 8.81 Å². The summed E-state index contributed by atoms with van der Waals surface area (Å²) in [5, 5.41) is 1.28. The topological polar surface area (TPSA) is 18.5 Å². The van der Waals surface area contributed by atoms with Gasteiger partial charge in [0, 0.05) is 17.3 Å². The highest BCUT2D eigenvalue weighted by atomic mass is 31.1. The third-order valence-corrected chi connectivity index (χ3v) is 4.70. The maximum absolute atomic E-state index is 6.05. The first kappa shape index (κ1) is 12.7. The molecule has 0 saturated heterocycles. The fraction of sp³-hybridized carbons (Fsp3) is 0.111. The van der Waals surface area contributed by atoms with Gasteiger partial charge in [-0.05, 0) is 29.8 Å². The second-order valence-electron chi connectivity index (χ2n) is 5.13. The Balaban J connectivity index is 1.60. The van der Waals surface area contributed by atoms with Crippen molar-refractivity contribution in [3.05, 3.63) is 78.1 Å². The van der Waals surface area contributed by atoms with Gasteiger partial charge in [-0.1, -0.05) is 42.5 Å². The van der Waals surface area contributed by atoms with E-state index < -0.39 is 0 Å². The molecule has 0 aromatic heterocycles. The van der Waals surface area contributed by atoms with Crippen molar-refractivity contribution >= 4 is 19.7 Å². The van der Waals surface area contributed by atoms with Gasteiger partial charge >= 0.3 is 0 Å². The largest absolute Gasteiger partial charge is 0.486 e. The molecule has 2 unspecified atom stereocenters. The molecule has 0 saturated carbocycles. The SMILES string of the molecule is C1=CC(Oc2ccccc2)CC2=C1OPc1ccccc12. The molecule has 0 amide bonds. The summed E-state index contributed by atoms with van der Waals surface area (Å²) in [6, 6.07) is 18.4. The van der Waals surface area contributed by atoms with Crippen LogP contribution in [0.2, 0.25) is 0 Å². The molecule has 2 nitrogen and oxygen atoms in total. The Morgan fingerprint density at radius 3 is 2.71 bits per heavy atom. The molecule has 0 N–H and O–H groups in total. The van der Waals surface area contributed by atoms with Crippen LogP contribution in [0.15, 0.2) is 72.5 Å². The van der Waals surface area contributed by atoms with Gasteiger partial charge < -0.3 is 9.26 Å². The Bertz CT molecular complexity index is 719. The van der Waals surface area contributed by atoms with Crippen molar-refractivity contribution < 1.29 is 9.26 Å². The Labute approximate surface area is 126 Å². The van der Waals surface area contributed by atoms with Crippen LogP contribution in [0.1, 0.15) is 12.0 Å². The normalized spacial score (nSPS) is 20.7. The lowest BCUT2D eigenvalue weighted by Gasteiger charge is -2.28. The van der Waals surface area contributed by atoms with E-state index in [1.165, 1.54) is 16.4 Å². The van der Waals surface area contributed by atoms with Gasteiger partial charge in [0.05, 0.1) is 0 Å². The fourth-order valence-electron chi connectivity index (χ4n) is 2.70. The summed E-state index contributed by atoms with van der Waals surface area (Å²) in [5.74, 6) is 1.91. The lowest BCUT2D eigenvalue weighted by Crippen LogP contribution is -2.21. The summed E-state index contributed by atoms with van der Waals surface area (Å²) in [4.78, 5) is 0. The van der Waals surface area contributed by atoms with Crippen LogP contribution in [-0.4, -0.2) is 6.10 Å². The number of para-hydroxylation sites is 1. The highest BCUT2D eigenvalue weighted by Gasteiger charge is 2.25. The molecule has 1 aliphatic carbocycles. The van der Waals surface area contributed by atoms with Crippen molar-refractivity contribution in [1.29, 1.82) is 0 Å². The molecule has 2 aromatic carbocycles. The highest BCUT2D eigenvalue weighted by molar-refractivity contribution is 7.42. The van der Waals surface area contributed by atoms with Crippen LogP contribution in [0.25, 0.3) is 5.57 Å². The van der Waals surface area contributed by atoms with E-state index in [2.05, 4.69) is 36.4 Å². The van der Waals surface area contributed by atoms with Crippen molar-refractivity contribution in [2.24, 2.45) is 0 Å². The van der Waals surface area contributed by atoms with Crippen LogP contribution < -0.4 is 10.0 Å². The lowest BCUT2D eigenvalue weighted by molar-refractivity contribution is 0.251. The molecule has 0 radical (unpaired) electrons. The number of ether oxygens (including phenoxy) is 1. The average molecular weight is 294 g/mol. The van der Waals surface area contributed by atoms with E-state index in [9.17, 15) is 0 Å². The van der Waals surface area contributed by atoms with E-state index >= 15 is 0 Å². The Kier molecular flexibility index (Phi) is 3.25. The monoisotopic (exact) mass is 294 g/mol. The standard InChI is InChI=1S/C18H15O2P/c1-2-6-13(7-3-1)19-14-10-11-17-16(12-14)15-8-4-5-9-18(15)21-20-17/h1-11,14,21H,12H2. The molecule has 1 heterocycles. The minimum Gasteiger partial charge on any atom is -0.486 e. The summed E-state index contributed by atoms with van der Waals surface area (Å²) < 4.78 is 11.9. The van der Waals surface area contributed by atoms with E-state index in [4.69, 9.17) is 9.26 Å². The van der Waals surface area contributed by atoms with Crippen molar-refractivity contribution in [3.63, 3.8) is 0 Å². The predicted octanol–water partition coefficient (Wildman–Crippen LogP) is 4.05. The molecular formula is C18H15O2P. The first-order chi connectivity index (χ1) is 10.4. The zero-order valence-corrected chi connectivity index (χ0v) is 12.5. The Morgan fingerprint density at radius 1 is 1.00 bits per heavy atom. The van der Waals surface area contributed by atoms with E-state index in [0.717, 1.165) is 17.9 Å². The van der Waals surface area contributed by atoms with E-state index in [-0.39, 0.29) is 6.10 Å². The van der Waals surface area contributed by atoms with Gasteiger partial charge in [-0.2, -0.15) is 0 Å². The van der Waals surface area contributed by atoms with Crippen molar-refractivity contribution in [2.75, 3.05) is 0 Å². The average Bonchev–Trinajstić information content (AvgIpc) is 2.56. The van der Waals surface area contributed by atoms with Gasteiger partial charge in [0.1, 0.15) is 26.4 Å². The molecule has 2 aliphatic rings. The molecule has 4 rings (SSSR count). The maximum atomic E-state index is 6.05. The predicted molar refractivity (Wildman–Crippen MR) is 87.0 cm³/mol. The Morgan fingerprint density at radius 2 is 1.81 bits per heavy atom. The van der Waals surface area contributed by atoms with Gasteiger partial charge in [-0.3, -0.25) is 0 Å². The number of rotatable bonds is 2. The third kappa shape index (κ3) is 2.48. The number of allylic oxidation sites excluding steroid dienone is 1. The first-order valence-corrected chi connectivity index (χ1v) is 7.96. The summed E-state index contributed by atoms with van der Waals surface area (Å²) in [6.45, 7) is 0. The number of hydrogen-bond donors (Lipinski definition) is 0. The first-order valence-electron chi connectivity index (χ1n) is 7.05. The summed E-state index contributed by atoms with van der Waals surface area (Å²) in [7, 11) is 0.399. The minimum atomic E-state index is 0.0595. The van der Waals surface area contributed by atoms with Crippen LogP contribution in [0.3, 0.4) is 0 Å². The molecule has 21 heavy (non-hydrogen) atoms. The van der Waals surface area contributed by atoms with Gasteiger partial charge in [-0.15, -0.1) is 0 Å². The molecular weight excluding hydrogens is 279 g/mol. The van der Waals surface area contributed by atoms with Gasteiger partial charge in [0.15, 0.2) is 0 Å². The fourth-order valence-corrected chi connectivity index (χ4v) is 3.62. The number of hydrogen-bond acceptors (Lipinski definition) is 2. The van der Waals surface area contributed by atoms with Crippen molar-refractivity contribution in [3.8, 4) is 5.75 Å². The van der Waals surface area contributed by atoms with Crippen LogP contribution in [-0.2, 0) is 4.52 Å². The van der Waals surface area contributed by atoms with Gasteiger partial charge in [0.2, 0.25) is 0 Å². The number of benzene rings is 2. The van der Waals surface area contributed by atoms with E-state index in [1.807, 2.05) is 30.3 Å². The molecule has 0 bridgehead atoms. The molecule has 104 valence electrons. The van der Waals surface area contributed by atoms with E-state index in [0.29, 0.717) is 8.81 Å². The molecule has 1 aliphatic heterocycles. The lowest BCUT2D eigenvalue weighted by atomic mass is 9.94. The molecule has 0 fully saturated rings. The van der Waals surface area contributed by atoms with E-state index in [1.54, 1.807) is 0 Å². The number of fused-ring (bicyclic) bond motifs is 2. The zero-order valence-electron chi connectivity index (χ0n) is 11.5. The molecule has 0 spiro atoms. The minimum absolute atomic E-state index is 0.0595. The zero-order chi connectivity index (χ0) is 14.1. The van der Waals surface area contributed by atoms with Crippen LogP contribution in [0, 0.1) is 0 Å². The quantitative estimate of drug-likeness (QED) is 0.778. The van der Waals surface area contributed by atoms with Crippen molar-refractivity contribution in [2.45, 2.75) is 12.5 Å². The second kappa shape index (κ2) is 5.38.